The van der Waals surface area contributed by atoms with Crippen LogP contribution < -0.4 is 5.32 Å². The van der Waals surface area contributed by atoms with Crippen molar-refractivity contribution in [3.63, 3.8) is 0 Å². The molecule has 19 heavy (non-hydrogen) atoms. The van der Waals surface area contributed by atoms with E-state index in [9.17, 15) is 9.50 Å². The van der Waals surface area contributed by atoms with Crippen LogP contribution in [-0.4, -0.2) is 5.11 Å². The van der Waals surface area contributed by atoms with Gasteiger partial charge in [-0.05, 0) is 47.1 Å². The smallest absolute Gasteiger partial charge is 0.132 e. The second kappa shape index (κ2) is 5.80. The number of phenolic OH excluding ortho intramolecular Hbond substituents is 1. The van der Waals surface area contributed by atoms with E-state index in [0.717, 1.165) is 16.2 Å². The number of phenols is 1. The Balaban J connectivity index is 2.23. The van der Waals surface area contributed by atoms with Crippen LogP contribution in [0.15, 0.2) is 40.9 Å². The summed E-state index contributed by atoms with van der Waals surface area (Å²) in [5.41, 5.74) is 1.31. The van der Waals surface area contributed by atoms with E-state index in [4.69, 9.17) is 11.6 Å². The lowest BCUT2D eigenvalue weighted by Crippen LogP contribution is -2.08. The highest BCUT2D eigenvalue weighted by Crippen LogP contribution is 2.30. The summed E-state index contributed by atoms with van der Waals surface area (Å²) in [6.45, 7) is 1.84. The van der Waals surface area contributed by atoms with Crippen LogP contribution in [0.2, 0.25) is 5.02 Å². The summed E-state index contributed by atoms with van der Waals surface area (Å²) < 4.78 is 14.5. The summed E-state index contributed by atoms with van der Waals surface area (Å²) in [6.07, 6.45) is 0. The van der Waals surface area contributed by atoms with Gasteiger partial charge < -0.3 is 10.4 Å². The fraction of sp³-hybridized carbons (Fsp3) is 0.143. The summed E-state index contributed by atoms with van der Waals surface area (Å²) in [5, 5.41) is 13.0. The molecule has 0 aliphatic carbocycles. The molecule has 2 nitrogen and oxygen atoms in total. The van der Waals surface area contributed by atoms with Crippen LogP contribution in [0.1, 0.15) is 18.5 Å². The maximum Gasteiger partial charge on any atom is 0.132 e. The average molecular weight is 345 g/mol. The van der Waals surface area contributed by atoms with E-state index in [1.807, 2.05) is 13.0 Å². The Kier molecular flexibility index (Phi) is 4.32. The van der Waals surface area contributed by atoms with Crippen molar-refractivity contribution in [2.24, 2.45) is 0 Å². The molecule has 0 aromatic heterocycles. The van der Waals surface area contributed by atoms with Crippen LogP contribution in [0, 0.1) is 5.82 Å². The molecule has 0 spiro atoms. The van der Waals surface area contributed by atoms with Crippen LogP contribution >= 0.6 is 27.5 Å². The zero-order valence-corrected chi connectivity index (χ0v) is 12.5. The van der Waals surface area contributed by atoms with Gasteiger partial charge in [0.25, 0.3) is 0 Å². The molecule has 100 valence electrons. The molecular formula is C14H12BrClFNO. The Labute approximate surface area is 124 Å². The first-order chi connectivity index (χ1) is 8.97. The van der Waals surface area contributed by atoms with Gasteiger partial charge in [-0.2, -0.15) is 0 Å². The topological polar surface area (TPSA) is 32.3 Å². The third-order valence-corrected chi connectivity index (χ3v) is 3.64. The first-order valence-corrected chi connectivity index (χ1v) is 6.84. The quantitative estimate of drug-likeness (QED) is 0.810. The fourth-order valence-corrected chi connectivity index (χ4v) is 2.58. The van der Waals surface area contributed by atoms with Crippen molar-refractivity contribution in [2.45, 2.75) is 13.0 Å². The van der Waals surface area contributed by atoms with Gasteiger partial charge in [0.05, 0.1) is 6.04 Å². The van der Waals surface area contributed by atoms with Crippen molar-refractivity contribution >= 4 is 33.2 Å². The molecule has 0 fully saturated rings. The molecule has 2 aromatic rings. The predicted molar refractivity (Wildman–Crippen MR) is 79.3 cm³/mol. The van der Waals surface area contributed by atoms with Gasteiger partial charge in [-0.3, -0.25) is 0 Å². The Morgan fingerprint density at radius 1 is 1.26 bits per heavy atom. The second-order valence-electron chi connectivity index (χ2n) is 4.20. The summed E-state index contributed by atoms with van der Waals surface area (Å²) in [4.78, 5) is 0. The molecule has 0 saturated carbocycles. The number of anilines is 1. The van der Waals surface area contributed by atoms with Crippen molar-refractivity contribution in [2.75, 3.05) is 5.32 Å². The highest BCUT2D eigenvalue weighted by molar-refractivity contribution is 9.10. The third kappa shape index (κ3) is 3.39. The van der Waals surface area contributed by atoms with E-state index in [0.29, 0.717) is 10.6 Å². The molecule has 0 bridgehead atoms. The summed E-state index contributed by atoms with van der Waals surface area (Å²) >= 11 is 9.27. The summed E-state index contributed by atoms with van der Waals surface area (Å²) in [5.74, 6) is -0.522. The van der Waals surface area contributed by atoms with Gasteiger partial charge in [0.2, 0.25) is 0 Å². The van der Waals surface area contributed by atoms with Crippen molar-refractivity contribution in [1.29, 1.82) is 0 Å². The number of halogens is 3. The molecule has 0 heterocycles. The first kappa shape index (κ1) is 14.2. The Morgan fingerprint density at radius 3 is 2.63 bits per heavy atom. The maximum atomic E-state index is 13.7. The van der Waals surface area contributed by atoms with E-state index < -0.39 is 5.82 Å². The number of nitrogens with one attached hydrogen (secondary N) is 1. The lowest BCUT2D eigenvalue weighted by atomic mass is 10.1. The molecule has 0 amide bonds. The van der Waals surface area contributed by atoms with Gasteiger partial charge >= 0.3 is 0 Å². The second-order valence-corrected chi connectivity index (χ2v) is 5.49. The van der Waals surface area contributed by atoms with E-state index >= 15 is 0 Å². The van der Waals surface area contributed by atoms with Crippen molar-refractivity contribution in [3.05, 3.63) is 57.3 Å². The van der Waals surface area contributed by atoms with Crippen LogP contribution in [0.3, 0.4) is 0 Å². The number of rotatable bonds is 3. The van der Waals surface area contributed by atoms with E-state index in [2.05, 4.69) is 21.2 Å². The molecule has 1 atom stereocenters. The van der Waals surface area contributed by atoms with Gasteiger partial charge in [0, 0.05) is 26.8 Å². The minimum absolute atomic E-state index is 0.0823. The van der Waals surface area contributed by atoms with Crippen LogP contribution in [0.4, 0.5) is 10.1 Å². The summed E-state index contributed by atoms with van der Waals surface area (Å²) in [6, 6.07) is 9.24. The predicted octanol–water partition coefficient (Wildman–Crippen LogP) is 5.12. The molecule has 0 aliphatic heterocycles. The molecule has 2 aromatic carbocycles. The van der Waals surface area contributed by atoms with Crippen LogP contribution in [0.25, 0.3) is 0 Å². The molecule has 0 aliphatic rings. The van der Waals surface area contributed by atoms with Crippen LogP contribution in [0.5, 0.6) is 5.75 Å². The fourth-order valence-electron chi connectivity index (χ4n) is 1.78. The molecular weight excluding hydrogens is 333 g/mol. The molecule has 0 saturated heterocycles. The Morgan fingerprint density at radius 2 is 2.00 bits per heavy atom. The number of hydrogen-bond donors (Lipinski definition) is 2. The zero-order valence-electron chi connectivity index (χ0n) is 10.1. The van der Waals surface area contributed by atoms with E-state index in [1.54, 1.807) is 18.2 Å². The van der Waals surface area contributed by atoms with Crippen molar-refractivity contribution in [3.8, 4) is 5.75 Å². The van der Waals surface area contributed by atoms with Gasteiger partial charge in [0.1, 0.15) is 11.6 Å². The maximum absolute atomic E-state index is 13.7. The van der Waals surface area contributed by atoms with Gasteiger partial charge in [0.15, 0.2) is 0 Å². The molecule has 1 unspecified atom stereocenters. The van der Waals surface area contributed by atoms with E-state index in [-0.39, 0.29) is 11.8 Å². The minimum atomic E-state index is -0.440. The average Bonchev–Trinajstić information content (AvgIpc) is 2.32. The van der Waals surface area contributed by atoms with Crippen LogP contribution in [-0.2, 0) is 0 Å². The molecule has 0 radical (unpaired) electrons. The molecule has 5 heteroatoms. The Bertz CT molecular complexity index is 606. The number of hydrogen-bond acceptors (Lipinski definition) is 2. The Hall–Kier alpha value is -1.26. The minimum Gasteiger partial charge on any atom is -0.508 e. The van der Waals surface area contributed by atoms with Gasteiger partial charge in [-0.1, -0.05) is 17.7 Å². The highest BCUT2D eigenvalue weighted by atomic mass is 79.9. The lowest BCUT2D eigenvalue weighted by Gasteiger charge is -2.17. The normalized spacial score (nSPS) is 12.2. The zero-order chi connectivity index (χ0) is 14.0. The number of aromatic hydroxyl groups is 1. The van der Waals surface area contributed by atoms with Crippen molar-refractivity contribution in [1.82, 2.24) is 0 Å². The standard InChI is InChI=1S/C14H12BrClFNO/c1-8(11-4-3-10(19)7-13(11)17)18-14-5-2-9(16)6-12(14)15/h2-8,18-19H,1H3. The molecule has 2 N–H and O–H groups in total. The third-order valence-electron chi connectivity index (χ3n) is 2.75. The molecule has 2 rings (SSSR count). The van der Waals surface area contributed by atoms with Gasteiger partial charge in [-0.25, -0.2) is 4.39 Å². The lowest BCUT2D eigenvalue weighted by molar-refractivity contribution is 0.467. The summed E-state index contributed by atoms with van der Waals surface area (Å²) in [7, 11) is 0. The SMILES string of the molecule is CC(Nc1ccc(Cl)cc1Br)c1ccc(O)cc1F. The monoisotopic (exact) mass is 343 g/mol. The number of benzene rings is 2. The first-order valence-electron chi connectivity index (χ1n) is 5.67. The highest BCUT2D eigenvalue weighted by Gasteiger charge is 2.12. The largest absolute Gasteiger partial charge is 0.508 e. The van der Waals surface area contributed by atoms with Crippen molar-refractivity contribution < 1.29 is 9.50 Å². The van der Waals surface area contributed by atoms with E-state index in [1.165, 1.54) is 6.07 Å². The van der Waals surface area contributed by atoms with Gasteiger partial charge in [-0.15, -0.1) is 0 Å².